The Morgan fingerprint density at radius 2 is 1.12 bits per heavy atom. The summed E-state index contributed by atoms with van der Waals surface area (Å²) in [5.74, 6) is 0. The fourth-order valence-electron chi connectivity index (χ4n) is 6.90. The Labute approximate surface area is 305 Å². The van der Waals surface area contributed by atoms with Gasteiger partial charge in [-0.25, -0.2) is 0 Å². The molecule has 3 nitrogen and oxygen atoms in total. The number of aryl methyl sites for hydroxylation is 1. The zero-order valence-electron chi connectivity index (χ0n) is 31.3. The minimum Gasteiger partial charge on any atom is -0.343 e. The number of allylic oxidation sites excluding steroid dienone is 5. The predicted molar refractivity (Wildman–Crippen MR) is 223 cm³/mol. The maximum atomic E-state index is 2.36. The summed E-state index contributed by atoms with van der Waals surface area (Å²) < 4.78 is 4.71. The maximum Gasteiger partial charge on any atom is 0.205 e. The Hall–Kier alpha value is -5.67. The number of rotatable bonds is 8. The summed E-state index contributed by atoms with van der Waals surface area (Å²) in [7, 11) is 2.19. The van der Waals surface area contributed by atoms with Crippen molar-refractivity contribution in [1.29, 1.82) is 0 Å². The summed E-state index contributed by atoms with van der Waals surface area (Å²) >= 11 is 0. The first-order valence-corrected chi connectivity index (χ1v) is 18.5. The first-order chi connectivity index (χ1) is 25.2. The van der Waals surface area contributed by atoms with E-state index in [0.29, 0.717) is 0 Å². The zero-order chi connectivity index (χ0) is 36.2. The van der Waals surface area contributed by atoms with Crippen molar-refractivity contribution in [3.05, 3.63) is 181 Å². The van der Waals surface area contributed by atoms with Crippen molar-refractivity contribution in [2.24, 2.45) is 7.05 Å². The molecule has 0 bridgehead atoms. The van der Waals surface area contributed by atoms with Crippen molar-refractivity contribution in [2.45, 2.75) is 41.5 Å². The van der Waals surface area contributed by atoms with E-state index in [0.717, 1.165) is 13.1 Å². The van der Waals surface area contributed by atoms with Crippen LogP contribution in [-0.2, 0) is 7.05 Å². The van der Waals surface area contributed by atoms with Crippen LogP contribution in [0.5, 0.6) is 0 Å². The predicted octanol–water partition coefficient (Wildman–Crippen LogP) is 12.8. The molecule has 0 radical (unpaired) electrons. The van der Waals surface area contributed by atoms with Crippen LogP contribution in [0, 0.1) is 0 Å². The molecule has 0 aliphatic heterocycles. The minimum absolute atomic E-state index is 0.887. The molecule has 0 spiro atoms. The van der Waals surface area contributed by atoms with Gasteiger partial charge in [0.2, 0.25) is 11.4 Å². The van der Waals surface area contributed by atoms with Crippen LogP contribution in [0.1, 0.15) is 52.7 Å². The molecule has 5 aromatic carbocycles. The number of nitrogens with zero attached hydrogens (tertiary/aromatic N) is 3. The number of hydrogen-bond donors (Lipinski definition) is 0. The number of aromatic nitrogens is 1. The molecule has 0 atom stereocenters. The van der Waals surface area contributed by atoms with E-state index in [-0.39, 0.29) is 0 Å². The van der Waals surface area contributed by atoms with Gasteiger partial charge in [-0.1, -0.05) is 125 Å². The Balaban J connectivity index is 0.00000122. The Bertz CT molecular complexity index is 2110. The maximum absolute atomic E-state index is 2.36. The third-order valence-corrected chi connectivity index (χ3v) is 9.11. The highest BCUT2D eigenvalue weighted by molar-refractivity contribution is 6.08. The lowest BCUT2D eigenvalue weighted by Gasteiger charge is -2.24. The number of hydrogen-bond acceptors (Lipinski definition) is 1. The molecule has 6 aromatic rings. The standard InChI is InChI=1S/C44H40N3.2C2H6/c1-4-46(36-19-11-7-12-20-36)38-29-25-33(26-30-38)42(34-27-31-39(32-28-34)47(5-2)37-21-13-8-14-22-37)43-40-23-15-16-24-41(40)45(3)44(43)35-17-9-6-10-18-35;2*1-2/h6-32H,4-5H2,1-3H3;2*1-2H3/q+1;;. The van der Waals surface area contributed by atoms with Crippen LogP contribution in [-0.4, -0.2) is 27.9 Å². The van der Waals surface area contributed by atoms with Gasteiger partial charge in [0.05, 0.1) is 5.69 Å². The highest BCUT2D eigenvalue weighted by atomic mass is 15.1. The highest BCUT2D eigenvalue weighted by Crippen LogP contribution is 2.43. The van der Waals surface area contributed by atoms with Crippen LogP contribution in [0.3, 0.4) is 0 Å². The molecular formula is C48H52N3+. The summed E-state index contributed by atoms with van der Waals surface area (Å²) in [6.45, 7) is 14.2. The lowest BCUT2D eigenvalue weighted by atomic mass is 9.87. The molecule has 1 aromatic heterocycles. The lowest BCUT2D eigenvalue weighted by Crippen LogP contribution is -2.15. The van der Waals surface area contributed by atoms with Gasteiger partial charge in [-0.15, -0.1) is 0 Å². The average molecular weight is 671 g/mol. The summed E-state index contributed by atoms with van der Waals surface area (Å²) in [6.07, 6.45) is 9.12. The van der Waals surface area contributed by atoms with Gasteiger partial charge < -0.3 is 9.47 Å². The van der Waals surface area contributed by atoms with Crippen molar-refractivity contribution in [1.82, 2.24) is 4.57 Å². The van der Waals surface area contributed by atoms with Crippen LogP contribution >= 0.6 is 0 Å². The van der Waals surface area contributed by atoms with Crippen LogP contribution in [0.2, 0.25) is 0 Å². The van der Waals surface area contributed by atoms with Crippen LogP contribution in [0.25, 0.3) is 27.7 Å². The second-order valence-electron chi connectivity index (χ2n) is 11.8. The monoisotopic (exact) mass is 670 g/mol. The van der Waals surface area contributed by atoms with E-state index in [1.807, 2.05) is 27.7 Å². The smallest absolute Gasteiger partial charge is 0.205 e. The third-order valence-electron chi connectivity index (χ3n) is 9.11. The van der Waals surface area contributed by atoms with Gasteiger partial charge in [0.15, 0.2) is 0 Å². The summed E-state index contributed by atoms with van der Waals surface area (Å²) in [5, 5.41) is 1.25. The Morgan fingerprint density at radius 1 is 0.588 bits per heavy atom. The number of benzene rings is 5. The van der Waals surface area contributed by atoms with E-state index in [2.05, 4.69) is 199 Å². The highest BCUT2D eigenvalue weighted by Gasteiger charge is 2.24. The molecule has 0 amide bonds. The van der Waals surface area contributed by atoms with Gasteiger partial charge in [-0.05, 0) is 78.6 Å². The van der Waals surface area contributed by atoms with E-state index in [1.54, 1.807) is 0 Å². The van der Waals surface area contributed by atoms with Gasteiger partial charge in [-0.3, -0.25) is 0 Å². The van der Waals surface area contributed by atoms with E-state index in [9.17, 15) is 0 Å². The van der Waals surface area contributed by atoms with Crippen molar-refractivity contribution in [3.8, 4) is 11.3 Å². The molecular weight excluding hydrogens is 619 g/mol. The first-order valence-electron chi connectivity index (χ1n) is 18.5. The number of para-hydroxylation sites is 3. The number of anilines is 2. The quantitative estimate of drug-likeness (QED) is 0.147. The number of fused-ring (bicyclic) bond motifs is 1. The second-order valence-corrected chi connectivity index (χ2v) is 11.8. The molecule has 0 unspecified atom stereocenters. The van der Waals surface area contributed by atoms with Gasteiger partial charge >= 0.3 is 0 Å². The molecule has 1 aliphatic carbocycles. The molecule has 0 saturated carbocycles. The molecule has 0 fully saturated rings. The Morgan fingerprint density at radius 3 is 1.71 bits per heavy atom. The first kappa shape index (κ1) is 36.6. The SMILES string of the molecule is CC.CC.CCN(c1ccccc1)c1ccc(C(=C2C=CC(=[N+](CC)c3ccccc3)C=C2)c2c(-c3ccccc3)n(C)c3ccccc23)cc1. The average Bonchev–Trinajstić information content (AvgIpc) is 3.50. The van der Waals surface area contributed by atoms with Gasteiger partial charge in [0.25, 0.3) is 0 Å². The van der Waals surface area contributed by atoms with E-state index < -0.39 is 0 Å². The molecule has 258 valence electrons. The lowest BCUT2D eigenvalue weighted by molar-refractivity contribution is -0.434. The van der Waals surface area contributed by atoms with Crippen LogP contribution in [0.15, 0.2) is 169 Å². The second kappa shape index (κ2) is 17.8. The topological polar surface area (TPSA) is 11.2 Å². The van der Waals surface area contributed by atoms with E-state index >= 15 is 0 Å². The van der Waals surface area contributed by atoms with Crippen LogP contribution in [0.4, 0.5) is 17.1 Å². The Kier molecular flexibility index (Phi) is 12.8. The molecule has 51 heavy (non-hydrogen) atoms. The summed E-state index contributed by atoms with van der Waals surface area (Å²) in [5.41, 5.74) is 13.2. The fraction of sp³-hybridized carbons (Fsp3) is 0.188. The molecule has 3 heteroatoms. The molecule has 7 rings (SSSR count). The molecule has 1 aliphatic rings. The van der Waals surface area contributed by atoms with Crippen molar-refractivity contribution in [3.63, 3.8) is 0 Å². The molecule has 0 saturated heterocycles. The largest absolute Gasteiger partial charge is 0.343 e. The molecule has 1 heterocycles. The summed E-state index contributed by atoms with van der Waals surface area (Å²) in [6, 6.07) is 49.9. The van der Waals surface area contributed by atoms with Gasteiger partial charge in [0.1, 0.15) is 6.54 Å². The van der Waals surface area contributed by atoms with Crippen molar-refractivity contribution < 1.29 is 4.58 Å². The third kappa shape index (κ3) is 7.74. The van der Waals surface area contributed by atoms with E-state index in [4.69, 9.17) is 0 Å². The fourth-order valence-corrected chi connectivity index (χ4v) is 6.90. The van der Waals surface area contributed by atoms with Crippen LogP contribution < -0.4 is 4.90 Å². The van der Waals surface area contributed by atoms with E-state index in [1.165, 1.54) is 67.2 Å². The zero-order valence-corrected chi connectivity index (χ0v) is 31.3. The normalized spacial score (nSPS) is 11.7. The van der Waals surface area contributed by atoms with Gasteiger partial charge in [0, 0.05) is 65.7 Å². The van der Waals surface area contributed by atoms with Crippen molar-refractivity contribution in [2.75, 3.05) is 18.0 Å². The van der Waals surface area contributed by atoms with Gasteiger partial charge in [-0.2, -0.15) is 4.58 Å². The summed E-state index contributed by atoms with van der Waals surface area (Å²) in [4.78, 5) is 2.36. The molecule has 0 N–H and O–H groups in total. The van der Waals surface area contributed by atoms with Crippen molar-refractivity contribution >= 4 is 39.2 Å². The minimum atomic E-state index is 0.887.